The molecule has 11 heavy (non-hydrogen) atoms. The van der Waals surface area contributed by atoms with Crippen LogP contribution in [0.15, 0.2) is 4.99 Å². The molecule has 1 rings (SSSR count). The van der Waals surface area contributed by atoms with Crippen LogP contribution in [0.2, 0.25) is 0 Å². The van der Waals surface area contributed by atoms with Gasteiger partial charge in [0.1, 0.15) is 6.04 Å². The van der Waals surface area contributed by atoms with Gasteiger partial charge in [-0.05, 0) is 6.42 Å². The number of alkyl halides is 3. The van der Waals surface area contributed by atoms with Gasteiger partial charge in [-0.2, -0.15) is 13.2 Å². The fourth-order valence-electron chi connectivity index (χ4n) is 0.955. The molecule has 0 radical (unpaired) electrons. The molecule has 5 heteroatoms. The van der Waals surface area contributed by atoms with E-state index in [4.69, 9.17) is 0 Å². The summed E-state index contributed by atoms with van der Waals surface area (Å²) in [5, 5.41) is 0. The predicted molar refractivity (Wildman–Crippen MR) is 33.5 cm³/mol. The smallest absolute Gasteiger partial charge is 0.410 e. The number of hydrogen-bond acceptors (Lipinski definition) is 2. The first-order valence-corrected chi connectivity index (χ1v) is 3.21. The summed E-state index contributed by atoms with van der Waals surface area (Å²) in [7, 11) is 1.33. The molecule has 64 valence electrons. The molecule has 0 fully saturated rings. The van der Waals surface area contributed by atoms with Gasteiger partial charge in [0, 0.05) is 6.42 Å². The Morgan fingerprint density at radius 3 is 2.45 bits per heavy atom. The Labute approximate surface area is 62.1 Å². The molecule has 1 atom stereocenters. The van der Waals surface area contributed by atoms with Gasteiger partial charge in [-0.25, -0.2) is 4.99 Å². The lowest BCUT2D eigenvalue weighted by molar-refractivity contribution is -0.146. The lowest BCUT2D eigenvalue weighted by Gasteiger charge is -2.09. The van der Waals surface area contributed by atoms with Crippen molar-refractivity contribution in [3.05, 3.63) is 0 Å². The minimum Gasteiger partial charge on any atom is -0.484 e. The molecule has 0 saturated carbocycles. The molecule has 0 aromatic carbocycles. The molecule has 0 N–H and O–H groups in total. The minimum atomic E-state index is -4.21. The highest BCUT2D eigenvalue weighted by atomic mass is 19.4. The van der Waals surface area contributed by atoms with Crippen molar-refractivity contribution in [1.29, 1.82) is 0 Å². The lowest BCUT2D eigenvalue weighted by atomic mass is 10.2. The molecule has 2 nitrogen and oxygen atoms in total. The highest BCUT2D eigenvalue weighted by Crippen LogP contribution is 2.30. The van der Waals surface area contributed by atoms with E-state index >= 15 is 0 Å². The SMILES string of the molecule is COC1=NC(C(F)(F)F)CC1. The van der Waals surface area contributed by atoms with Crippen LogP contribution < -0.4 is 0 Å². The molecule has 0 saturated heterocycles. The van der Waals surface area contributed by atoms with Crippen LogP contribution >= 0.6 is 0 Å². The molecular weight excluding hydrogens is 159 g/mol. The Morgan fingerprint density at radius 1 is 1.55 bits per heavy atom. The maximum absolute atomic E-state index is 11.9. The summed E-state index contributed by atoms with van der Waals surface area (Å²) in [6.45, 7) is 0. The van der Waals surface area contributed by atoms with Crippen LogP contribution in [-0.4, -0.2) is 25.2 Å². The normalized spacial score (nSPS) is 25.1. The first-order chi connectivity index (χ1) is 5.04. The van der Waals surface area contributed by atoms with Gasteiger partial charge in [0.15, 0.2) is 5.90 Å². The molecule has 0 amide bonds. The van der Waals surface area contributed by atoms with Crippen LogP contribution in [0.4, 0.5) is 13.2 Å². The molecular formula is C6H8F3NO. The van der Waals surface area contributed by atoms with E-state index in [9.17, 15) is 13.2 Å². The summed E-state index contributed by atoms with van der Waals surface area (Å²) in [4.78, 5) is 3.35. The lowest BCUT2D eigenvalue weighted by Crippen LogP contribution is -2.24. The molecule has 0 aliphatic carbocycles. The second kappa shape index (κ2) is 2.71. The van der Waals surface area contributed by atoms with Crippen molar-refractivity contribution >= 4 is 5.90 Å². The first kappa shape index (κ1) is 8.36. The van der Waals surface area contributed by atoms with Crippen molar-refractivity contribution < 1.29 is 17.9 Å². The highest BCUT2D eigenvalue weighted by molar-refractivity contribution is 5.77. The number of hydrogen-bond donors (Lipinski definition) is 0. The van der Waals surface area contributed by atoms with Crippen LogP contribution in [0.5, 0.6) is 0 Å². The van der Waals surface area contributed by atoms with Gasteiger partial charge in [0.25, 0.3) is 0 Å². The van der Waals surface area contributed by atoms with Crippen molar-refractivity contribution in [2.45, 2.75) is 25.1 Å². The van der Waals surface area contributed by atoms with Gasteiger partial charge >= 0.3 is 6.18 Å². The standard InChI is InChI=1S/C6H8F3NO/c1-11-5-3-2-4(10-5)6(7,8)9/h4H,2-3H2,1H3. The summed E-state index contributed by atoms with van der Waals surface area (Å²) < 4.78 is 40.3. The molecule has 0 aromatic heterocycles. The van der Waals surface area contributed by atoms with Crippen molar-refractivity contribution in [2.75, 3.05) is 7.11 Å². The van der Waals surface area contributed by atoms with Crippen molar-refractivity contribution in [3.63, 3.8) is 0 Å². The van der Waals surface area contributed by atoms with Crippen LogP contribution in [-0.2, 0) is 4.74 Å². The Bertz CT molecular complexity index is 175. The Kier molecular flexibility index (Phi) is 2.06. The van der Waals surface area contributed by atoms with E-state index < -0.39 is 12.2 Å². The predicted octanol–water partition coefficient (Wildman–Crippen LogP) is 1.76. The van der Waals surface area contributed by atoms with E-state index in [0.29, 0.717) is 6.42 Å². The summed E-state index contributed by atoms with van der Waals surface area (Å²) in [6.07, 6.45) is -3.90. The molecule has 0 aromatic rings. The number of methoxy groups -OCH3 is 1. The average molecular weight is 167 g/mol. The number of rotatable bonds is 0. The first-order valence-electron chi connectivity index (χ1n) is 3.21. The third kappa shape index (κ3) is 1.85. The monoisotopic (exact) mass is 167 g/mol. The molecule has 1 aliphatic heterocycles. The van der Waals surface area contributed by atoms with Crippen LogP contribution in [0.25, 0.3) is 0 Å². The van der Waals surface area contributed by atoms with Crippen LogP contribution in [0.3, 0.4) is 0 Å². The van der Waals surface area contributed by atoms with Crippen molar-refractivity contribution in [1.82, 2.24) is 0 Å². The van der Waals surface area contributed by atoms with E-state index in [0.717, 1.165) is 0 Å². The zero-order valence-corrected chi connectivity index (χ0v) is 5.98. The second-order valence-corrected chi connectivity index (χ2v) is 2.32. The number of aliphatic imine (C=N–C) groups is 1. The maximum atomic E-state index is 11.9. The van der Waals surface area contributed by atoms with Crippen molar-refractivity contribution in [2.24, 2.45) is 4.99 Å². The fraction of sp³-hybridized carbons (Fsp3) is 0.833. The van der Waals surface area contributed by atoms with Gasteiger partial charge in [-0.3, -0.25) is 0 Å². The third-order valence-corrected chi connectivity index (χ3v) is 1.54. The average Bonchev–Trinajstić information content (AvgIpc) is 2.32. The number of ether oxygens (including phenoxy) is 1. The Morgan fingerprint density at radius 2 is 2.18 bits per heavy atom. The quantitative estimate of drug-likeness (QED) is 0.538. The van der Waals surface area contributed by atoms with E-state index in [1.54, 1.807) is 0 Å². The van der Waals surface area contributed by atoms with Gasteiger partial charge in [0.2, 0.25) is 0 Å². The largest absolute Gasteiger partial charge is 0.484 e. The van der Waals surface area contributed by atoms with Gasteiger partial charge < -0.3 is 4.74 Å². The van der Waals surface area contributed by atoms with Gasteiger partial charge in [-0.15, -0.1) is 0 Å². The van der Waals surface area contributed by atoms with E-state index in [-0.39, 0.29) is 12.3 Å². The van der Waals surface area contributed by atoms with Gasteiger partial charge in [0.05, 0.1) is 7.11 Å². The molecule has 1 heterocycles. The number of halogens is 3. The number of nitrogens with zero attached hydrogens (tertiary/aromatic N) is 1. The molecule has 1 unspecified atom stereocenters. The summed E-state index contributed by atoms with van der Waals surface area (Å²) in [5.74, 6) is 0.201. The summed E-state index contributed by atoms with van der Waals surface area (Å²) in [6, 6.07) is -1.54. The summed E-state index contributed by atoms with van der Waals surface area (Å²) >= 11 is 0. The van der Waals surface area contributed by atoms with Crippen molar-refractivity contribution in [3.8, 4) is 0 Å². The highest BCUT2D eigenvalue weighted by Gasteiger charge is 2.42. The zero-order chi connectivity index (χ0) is 8.48. The van der Waals surface area contributed by atoms with E-state index in [1.807, 2.05) is 0 Å². The van der Waals surface area contributed by atoms with Crippen LogP contribution in [0, 0.1) is 0 Å². The van der Waals surface area contributed by atoms with E-state index in [2.05, 4.69) is 9.73 Å². The molecule has 1 aliphatic rings. The maximum Gasteiger partial charge on any atom is 0.410 e. The van der Waals surface area contributed by atoms with Crippen LogP contribution in [0.1, 0.15) is 12.8 Å². The van der Waals surface area contributed by atoms with E-state index in [1.165, 1.54) is 7.11 Å². The molecule has 0 spiro atoms. The minimum absolute atomic E-state index is 0.0205. The zero-order valence-electron chi connectivity index (χ0n) is 5.98. The van der Waals surface area contributed by atoms with Gasteiger partial charge in [-0.1, -0.05) is 0 Å². The Hall–Kier alpha value is -0.740. The third-order valence-electron chi connectivity index (χ3n) is 1.54. The fourth-order valence-corrected chi connectivity index (χ4v) is 0.955. The Balaban J connectivity index is 2.59. The second-order valence-electron chi connectivity index (χ2n) is 2.32. The molecule has 0 bridgehead atoms. The summed E-state index contributed by atoms with van der Waals surface area (Å²) in [5.41, 5.74) is 0. The topological polar surface area (TPSA) is 21.6 Å².